The number of hydrogen-bond donors (Lipinski definition) is 2. The standard InChI is InChI=1S/C20H20FN3O4/c1-11-8-16(13(3)24(11)18-9-12(2)28-23-18)20(27)22-17(10-19(25)26)14-4-6-15(21)7-5-14/h4-9,17H,10H2,1-3H3,(H,22,27)(H,25,26). The minimum absolute atomic E-state index is 0.321. The van der Waals surface area contributed by atoms with Crippen LogP contribution in [-0.2, 0) is 4.79 Å². The number of aromatic nitrogens is 2. The zero-order valence-corrected chi connectivity index (χ0v) is 15.7. The zero-order valence-electron chi connectivity index (χ0n) is 15.7. The Hall–Kier alpha value is -3.42. The molecule has 1 atom stereocenters. The largest absolute Gasteiger partial charge is 0.481 e. The van der Waals surface area contributed by atoms with Crippen molar-refractivity contribution in [2.75, 3.05) is 0 Å². The van der Waals surface area contributed by atoms with Gasteiger partial charge in [0.15, 0.2) is 5.82 Å². The van der Waals surface area contributed by atoms with Crippen molar-refractivity contribution < 1.29 is 23.6 Å². The van der Waals surface area contributed by atoms with Gasteiger partial charge in [0.25, 0.3) is 5.91 Å². The van der Waals surface area contributed by atoms with Crippen molar-refractivity contribution in [1.29, 1.82) is 0 Å². The SMILES string of the molecule is Cc1cc(-n2c(C)cc(C(=O)NC(CC(=O)O)c3ccc(F)cc3)c2C)no1. The van der Waals surface area contributed by atoms with E-state index < -0.39 is 23.7 Å². The molecule has 1 aromatic carbocycles. The Morgan fingerprint density at radius 2 is 1.89 bits per heavy atom. The minimum atomic E-state index is -1.07. The van der Waals surface area contributed by atoms with E-state index in [-0.39, 0.29) is 6.42 Å². The van der Waals surface area contributed by atoms with E-state index in [4.69, 9.17) is 4.52 Å². The zero-order chi connectivity index (χ0) is 20.4. The summed E-state index contributed by atoms with van der Waals surface area (Å²) in [4.78, 5) is 24.1. The Morgan fingerprint density at radius 1 is 1.21 bits per heavy atom. The van der Waals surface area contributed by atoms with E-state index in [2.05, 4.69) is 10.5 Å². The maximum absolute atomic E-state index is 13.2. The van der Waals surface area contributed by atoms with Gasteiger partial charge in [-0.2, -0.15) is 0 Å². The third kappa shape index (κ3) is 3.95. The first kappa shape index (κ1) is 19.3. The van der Waals surface area contributed by atoms with Gasteiger partial charge in [0.1, 0.15) is 11.6 Å². The maximum atomic E-state index is 13.2. The molecule has 0 saturated carbocycles. The quantitative estimate of drug-likeness (QED) is 0.677. The van der Waals surface area contributed by atoms with E-state index in [1.165, 1.54) is 24.3 Å². The van der Waals surface area contributed by atoms with Crippen molar-refractivity contribution in [3.63, 3.8) is 0 Å². The molecule has 0 aliphatic rings. The van der Waals surface area contributed by atoms with Crippen LogP contribution in [0.5, 0.6) is 0 Å². The number of nitrogens with zero attached hydrogens (tertiary/aromatic N) is 2. The molecule has 3 aromatic rings. The molecule has 2 N–H and O–H groups in total. The third-order valence-corrected chi connectivity index (χ3v) is 4.48. The number of carbonyl (C=O) groups excluding carboxylic acids is 1. The fraction of sp³-hybridized carbons (Fsp3) is 0.250. The smallest absolute Gasteiger partial charge is 0.305 e. The summed E-state index contributed by atoms with van der Waals surface area (Å²) in [5.74, 6) is -0.720. The van der Waals surface area contributed by atoms with Gasteiger partial charge in [-0.3, -0.25) is 14.2 Å². The second-order valence-corrected chi connectivity index (χ2v) is 6.59. The average molecular weight is 385 g/mol. The van der Waals surface area contributed by atoms with Crippen LogP contribution in [0, 0.1) is 26.6 Å². The van der Waals surface area contributed by atoms with Gasteiger partial charge in [-0.25, -0.2) is 4.39 Å². The number of rotatable bonds is 6. The number of carboxylic acid groups (broad SMARTS) is 1. The molecule has 0 saturated heterocycles. The number of benzene rings is 1. The number of hydrogen-bond acceptors (Lipinski definition) is 4. The molecule has 0 aliphatic carbocycles. The van der Waals surface area contributed by atoms with Gasteiger partial charge < -0.3 is 14.9 Å². The highest BCUT2D eigenvalue weighted by Gasteiger charge is 2.23. The number of aryl methyl sites for hydroxylation is 2. The molecule has 2 heterocycles. The average Bonchev–Trinajstić information content (AvgIpc) is 3.17. The van der Waals surface area contributed by atoms with Crippen molar-refractivity contribution in [2.45, 2.75) is 33.2 Å². The molecule has 7 nitrogen and oxygen atoms in total. The first-order chi connectivity index (χ1) is 13.3. The fourth-order valence-electron chi connectivity index (χ4n) is 3.16. The highest BCUT2D eigenvalue weighted by molar-refractivity contribution is 5.96. The number of carbonyl (C=O) groups is 2. The lowest BCUT2D eigenvalue weighted by Crippen LogP contribution is -2.30. The first-order valence-electron chi connectivity index (χ1n) is 8.67. The predicted octanol–water partition coefficient (Wildman–Crippen LogP) is 3.48. The molecule has 28 heavy (non-hydrogen) atoms. The van der Waals surface area contributed by atoms with Crippen LogP contribution < -0.4 is 5.32 Å². The second kappa shape index (κ2) is 7.67. The van der Waals surface area contributed by atoms with Crippen LogP contribution in [0.1, 0.15) is 45.5 Å². The molecule has 146 valence electrons. The highest BCUT2D eigenvalue weighted by atomic mass is 19.1. The molecule has 0 fully saturated rings. The topological polar surface area (TPSA) is 97.4 Å². The van der Waals surface area contributed by atoms with Crippen molar-refractivity contribution in [2.24, 2.45) is 0 Å². The Morgan fingerprint density at radius 3 is 2.46 bits per heavy atom. The molecular formula is C20H20FN3O4. The Bertz CT molecular complexity index is 1020. The molecule has 1 amide bonds. The fourth-order valence-corrected chi connectivity index (χ4v) is 3.16. The second-order valence-electron chi connectivity index (χ2n) is 6.59. The van der Waals surface area contributed by atoms with Crippen LogP contribution in [0.25, 0.3) is 5.82 Å². The molecule has 0 aliphatic heterocycles. The predicted molar refractivity (Wildman–Crippen MR) is 98.9 cm³/mol. The lowest BCUT2D eigenvalue weighted by molar-refractivity contribution is -0.137. The molecular weight excluding hydrogens is 365 g/mol. The molecule has 8 heteroatoms. The van der Waals surface area contributed by atoms with Crippen LogP contribution >= 0.6 is 0 Å². The lowest BCUT2D eigenvalue weighted by Gasteiger charge is -2.17. The van der Waals surface area contributed by atoms with Gasteiger partial charge in [0.2, 0.25) is 0 Å². The third-order valence-electron chi connectivity index (χ3n) is 4.48. The minimum Gasteiger partial charge on any atom is -0.481 e. The van der Waals surface area contributed by atoms with Crippen molar-refractivity contribution >= 4 is 11.9 Å². The van der Waals surface area contributed by atoms with Crippen LogP contribution in [0.2, 0.25) is 0 Å². The van der Waals surface area contributed by atoms with E-state index in [9.17, 15) is 19.1 Å². The Labute approximate surface area is 160 Å². The van der Waals surface area contributed by atoms with E-state index in [0.717, 1.165) is 5.69 Å². The normalized spacial score (nSPS) is 12.0. The van der Waals surface area contributed by atoms with Gasteiger partial charge in [-0.15, -0.1) is 0 Å². The number of aliphatic carboxylic acids is 1. The lowest BCUT2D eigenvalue weighted by atomic mass is 10.0. The summed E-state index contributed by atoms with van der Waals surface area (Å²) in [6.45, 7) is 5.38. The summed E-state index contributed by atoms with van der Waals surface area (Å²) < 4.78 is 20.1. The van der Waals surface area contributed by atoms with Gasteiger partial charge in [-0.1, -0.05) is 17.3 Å². The molecule has 0 spiro atoms. The first-order valence-corrected chi connectivity index (χ1v) is 8.67. The number of halogens is 1. The van der Waals surface area contributed by atoms with Gasteiger partial charge >= 0.3 is 5.97 Å². The number of carboxylic acids is 1. The van der Waals surface area contributed by atoms with E-state index in [1.807, 2.05) is 6.92 Å². The molecule has 1 unspecified atom stereocenters. The number of nitrogens with one attached hydrogen (secondary N) is 1. The van der Waals surface area contributed by atoms with Crippen LogP contribution in [0.15, 0.2) is 40.9 Å². The van der Waals surface area contributed by atoms with Gasteiger partial charge in [0, 0.05) is 17.5 Å². The summed E-state index contributed by atoms with van der Waals surface area (Å²) in [7, 11) is 0. The van der Waals surface area contributed by atoms with Gasteiger partial charge in [-0.05, 0) is 44.5 Å². The summed E-state index contributed by atoms with van der Waals surface area (Å²) in [6, 6.07) is 8.06. The maximum Gasteiger partial charge on any atom is 0.305 e. The monoisotopic (exact) mass is 385 g/mol. The van der Waals surface area contributed by atoms with Crippen LogP contribution in [0.3, 0.4) is 0 Å². The van der Waals surface area contributed by atoms with Crippen LogP contribution in [-0.4, -0.2) is 26.7 Å². The van der Waals surface area contributed by atoms with Crippen molar-refractivity contribution in [3.05, 3.63) is 70.5 Å². The van der Waals surface area contributed by atoms with E-state index in [0.29, 0.717) is 28.4 Å². The van der Waals surface area contributed by atoms with Crippen molar-refractivity contribution in [1.82, 2.24) is 15.0 Å². The molecule has 0 bridgehead atoms. The highest BCUT2D eigenvalue weighted by Crippen LogP contribution is 2.23. The van der Waals surface area contributed by atoms with E-state index >= 15 is 0 Å². The Balaban J connectivity index is 1.90. The molecule has 3 rings (SSSR count). The number of amides is 1. The summed E-state index contributed by atoms with van der Waals surface area (Å²) in [5.41, 5.74) is 2.35. The van der Waals surface area contributed by atoms with Crippen molar-refractivity contribution in [3.8, 4) is 5.82 Å². The summed E-state index contributed by atoms with van der Waals surface area (Å²) >= 11 is 0. The van der Waals surface area contributed by atoms with Gasteiger partial charge in [0.05, 0.1) is 18.0 Å². The molecule has 0 radical (unpaired) electrons. The van der Waals surface area contributed by atoms with Crippen LogP contribution in [0.4, 0.5) is 4.39 Å². The van der Waals surface area contributed by atoms with E-state index in [1.54, 1.807) is 30.5 Å². The molecule has 2 aromatic heterocycles. The summed E-state index contributed by atoms with van der Waals surface area (Å²) in [6.07, 6.45) is -0.321. The Kier molecular flexibility index (Phi) is 5.30. The summed E-state index contributed by atoms with van der Waals surface area (Å²) in [5, 5.41) is 15.9.